The summed E-state index contributed by atoms with van der Waals surface area (Å²) in [6, 6.07) is 6.50. The number of carbonyl (C=O) groups is 1. The lowest BCUT2D eigenvalue weighted by Crippen LogP contribution is -2.46. The van der Waals surface area contributed by atoms with Crippen LogP contribution >= 0.6 is 11.3 Å². The van der Waals surface area contributed by atoms with Gasteiger partial charge in [0.15, 0.2) is 0 Å². The molecule has 0 aliphatic heterocycles. The fourth-order valence-electron chi connectivity index (χ4n) is 1.96. The molecule has 1 aromatic carbocycles. The summed E-state index contributed by atoms with van der Waals surface area (Å²) in [6.07, 6.45) is -6.11. The predicted octanol–water partition coefficient (Wildman–Crippen LogP) is 3.21. The zero-order valence-electron chi connectivity index (χ0n) is 12.6. The number of halogens is 3. The maximum Gasteiger partial charge on any atom is 0.424 e. The van der Waals surface area contributed by atoms with Gasteiger partial charge in [-0.25, -0.2) is 4.98 Å². The highest BCUT2D eigenvalue weighted by Gasteiger charge is 2.58. The SMILES string of the molecule is CC(C)CNC(=O)CC(O)(c1nc2ccccc2s1)C(F)(F)F. The maximum absolute atomic E-state index is 13.4. The average molecular weight is 346 g/mol. The van der Waals surface area contributed by atoms with Gasteiger partial charge >= 0.3 is 6.18 Å². The fourth-order valence-corrected chi connectivity index (χ4v) is 3.03. The fraction of sp³-hybridized carbons (Fsp3) is 0.467. The normalized spacial score (nSPS) is 14.9. The van der Waals surface area contributed by atoms with Crippen molar-refractivity contribution < 1.29 is 23.1 Å². The Morgan fingerprint density at radius 1 is 1.35 bits per heavy atom. The number of amides is 1. The second-order valence-electron chi connectivity index (χ2n) is 5.72. The Hall–Kier alpha value is -1.67. The van der Waals surface area contributed by atoms with Crippen molar-refractivity contribution in [2.75, 3.05) is 6.54 Å². The molecule has 4 nitrogen and oxygen atoms in total. The summed E-state index contributed by atoms with van der Waals surface area (Å²) in [6.45, 7) is 3.89. The summed E-state index contributed by atoms with van der Waals surface area (Å²) in [5, 5.41) is 12.1. The number of thiazole rings is 1. The molecule has 1 heterocycles. The second kappa shape index (κ2) is 6.45. The van der Waals surface area contributed by atoms with E-state index >= 15 is 0 Å². The summed E-state index contributed by atoms with van der Waals surface area (Å²) in [4.78, 5) is 15.7. The lowest BCUT2D eigenvalue weighted by molar-refractivity contribution is -0.267. The molecule has 1 atom stereocenters. The second-order valence-corrected chi connectivity index (χ2v) is 6.75. The topological polar surface area (TPSA) is 62.2 Å². The number of carbonyl (C=O) groups excluding carboxylic acids is 1. The number of fused-ring (bicyclic) bond motifs is 1. The maximum atomic E-state index is 13.4. The summed E-state index contributed by atoms with van der Waals surface area (Å²) in [5.41, 5.74) is -2.93. The third kappa shape index (κ3) is 3.81. The highest BCUT2D eigenvalue weighted by atomic mass is 32.1. The van der Waals surface area contributed by atoms with Crippen molar-refractivity contribution in [3.8, 4) is 0 Å². The third-order valence-corrected chi connectivity index (χ3v) is 4.43. The van der Waals surface area contributed by atoms with E-state index in [0.29, 0.717) is 10.2 Å². The molecule has 0 saturated carbocycles. The number of aromatic nitrogens is 1. The first kappa shape index (κ1) is 17.7. The molecular weight excluding hydrogens is 329 g/mol. The molecule has 2 rings (SSSR count). The standard InChI is InChI=1S/C15H17F3N2O2S/c1-9(2)8-19-12(21)7-14(22,15(16,17)18)13-20-10-5-3-4-6-11(10)23-13/h3-6,9,22H,7-8H2,1-2H3,(H,19,21). The van der Waals surface area contributed by atoms with Gasteiger partial charge in [-0.15, -0.1) is 11.3 Å². The van der Waals surface area contributed by atoms with Crippen molar-refractivity contribution in [3.63, 3.8) is 0 Å². The minimum Gasteiger partial charge on any atom is -0.374 e. The van der Waals surface area contributed by atoms with Crippen LogP contribution in [0.3, 0.4) is 0 Å². The molecule has 0 aliphatic rings. The summed E-state index contributed by atoms with van der Waals surface area (Å²) >= 11 is 0.736. The van der Waals surface area contributed by atoms with Crippen LogP contribution in [0.1, 0.15) is 25.3 Å². The van der Waals surface area contributed by atoms with Crippen LogP contribution in [0, 0.1) is 5.92 Å². The number of rotatable bonds is 5. The molecule has 23 heavy (non-hydrogen) atoms. The zero-order chi connectivity index (χ0) is 17.3. The summed E-state index contributed by atoms with van der Waals surface area (Å²) < 4.78 is 40.8. The molecule has 1 aromatic heterocycles. The van der Waals surface area contributed by atoms with Gasteiger partial charge in [-0.1, -0.05) is 26.0 Å². The number of benzene rings is 1. The van der Waals surface area contributed by atoms with E-state index in [4.69, 9.17) is 0 Å². The van der Waals surface area contributed by atoms with Crippen LogP contribution in [0.2, 0.25) is 0 Å². The van der Waals surface area contributed by atoms with Gasteiger partial charge in [-0.05, 0) is 18.1 Å². The van der Waals surface area contributed by atoms with E-state index in [-0.39, 0.29) is 12.5 Å². The van der Waals surface area contributed by atoms with Gasteiger partial charge in [0, 0.05) is 6.54 Å². The number of hydrogen-bond donors (Lipinski definition) is 2. The van der Waals surface area contributed by atoms with Crippen molar-refractivity contribution in [2.45, 2.75) is 32.0 Å². The van der Waals surface area contributed by atoms with E-state index < -0.39 is 29.1 Å². The van der Waals surface area contributed by atoms with Crippen LogP contribution in [0.4, 0.5) is 13.2 Å². The first-order valence-electron chi connectivity index (χ1n) is 7.05. The van der Waals surface area contributed by atoms with Gasteiger partial charge in [0.2, 0.25) is 11.5 Å². The zero-order valence-corrected chi connectivity index (χ0v) is 13.5. The highest BCUT2D eigenvalue weighted by Crippen LogP contribution is 2.44. The van der Waals surface area contributed by atoms with E-state index in [0.717, 1.165) is 11.3 Å². The minimum atomic E-state index is -5.00. The minimum absolute atomic E-state index is 0.0976. The number of nitrogens with zero attached hydrogens (tertiary/aromatic N) is 1. The van der Waals surface area contributed by atoms with Crippen LogP contribution < -0.4 is 5.32 Å². The molecule has 8 heteroatoms. The summed E-state index contributed by atoms with van der Waals surface area (Å²) in [5.74, 6) is -0.766. The molecule has 0 spiro atoms. The highest BCUT2D eigenvalue weighted by molar-refractivity contribution is 7.18. The Morgan fingerprint density at radius 3 is 2.57 bits per heavy atom. The van der Waals surface area contributed by atoms with Crippen molar-refractivity contribution in [1.82, 2.24) is 10.3 Å². The van der Waals surface area contributed by atoms with E-state index in [1.807, 2.05) is 13.8 Å². The van der Waals surface area contributed by atoms with Gasteiger partial charge in [0.1, 0.15) is 5.01 Å². The Labute approximate surface area is 135 Å². The quantitative estimate of drug-likeness (QED) is 0.874. The lowest BCUT2D eigenvalue weighted by Gasteiger charge is -2.28. The molecule has 1 amide bonds. The van der Waals surface area contributed by atoms with Gasteiger partial charge < -0.3 is 10.4 Å². The Bertz CT molecular complexity index is 666. The smallest absolute Gasteiger partial charge is 0.374 e. The van der Waals surface area contributed by atoms with Crippen molar-refractivity contribution in [3.05, 3.63) is 29.3 Å². The van der Waals surface area contributed by atoms with Crippen LogP contribution in [-0.2, 0) is 10.4 Å². The average Bonchev–Trinajstić information content (AvgIpc) is 2.88. The molecule has 0 aliphatic carbocycles. The number of aliphatic hydroxyl groups is 1. The number of para-hydroxylation sites is 1. The Morgan fingerprint density at radius 2 is 2.00 bits per heavy atom. The van der Waals surface area contributed by atoms with E-state index in [2.05, 4.69) is 10.3 Å². The van der Waals surface area contributed by atoms with E-state index in [1.165, 1.54) is 0 Å². The molecular formula is C15H17F3N2O2S. The first-order chi connectivity index (χ1) is 10.6. The first-order valence-corrected chi connectivity index (χ1v) is 7.87. The predicted molar refractivity (Wildman–Crippen MR) is 82.0 cm³/mol. The van der Waals surface area contributed by atoms with Gasteiger partial charge in [-0.3, -0.25) is 4.79 Å². The van der Waals surface area contributed by atoms with Crippen molar-refractivity contribution in [1.29, 1.82) is 0 Å². The van der Waals surface area contributed by atoms with Gasteiger partial charge in [0.05, 0.1) is 16.6 Å². The summed E-state index contributed by atoms with van der Waals surface area (Å²) in [7, 11) is 0. The van der Waals surface area contributed by atoms with Crippen LogP contribution in [0.25, 0.3) is 10.2 Å². The van der Waals surface area contributed by atoms with Crippen LogP contribution in [0.15, 0.2) is 24.3 Å². The number of hydrogen-bond acceptors (Lipinski definition) is 4. The Balaban J connectivity index is 2.34. The monoisotopic (exact) mass is 346 g/mol. The largest absolute Gasteiger partial charge is 0.424 e. The van der Waals surface area contributed by atoms with Crippen LogP contribution in [-0.4, -0.2) is 28.7 Å². The van der Waals surface area contributed by atoms with Crippen LogP contribution in [0.5, 0.6) is 0 Å². The molecule has 2 aromatic rings. The molecule has 0 fully saturated rings. The molecule has 1 unspecified atom stereocenters. The lowest BCUT2D eigenvalue weighted by atomic mass is 9.99. The van der Waals surface area contributed by atoms with Gasteiger partial charge in [0.25, 0.3) is 0 Å². The van der Waals surface area contributed by atoms with Crippen molar-refractivity contribution in [2.24, 2.45) is 5.92 Å². The molecule has 2 N–H and O–H groups in total. The number of alkyl halides is 3. The van der Waals surface area contributed by atoms with E-state index in [9.17, 15) is 23.1 Å². The van der Waals surface area contributed by atoms with E-state index in [1.54, 1.807) is 24.3 Å². The number of nitrogens with one attached hydrogen (secondary N) is 1. The Kier molecular flexibility index (Phi) is 4.95. The molecule has 0 bridgehead atoms. The third-order valence-electron chi connectivity index (χ3n) is 3.24. The molecule has 0 radical (unpaired) electrons. The van der Waals surface area contributed by atoms with Gasteiger partial charge in [-0.2, -0.15) is 13.2 Å². The molecule has 126 valence electrons. The molecule has 0 saturated heterocycles. The van der Waals surface area contributed by atoms with Crippen molar-refractivity contribution >= 4 is 27.5 Å².